The summed E-state index contributed by atoms with van der Waals surface area (Å²) >= 11 is 7.37. The van der Waals surface area contributed by atoms with Crippen molar-refractivity contribution in [3.8, 4) is 0 Å². The Balaban J connectivity index is 2.28. The molecule has 1 atom stereocenters. The monoisotopic (exact) mass is 224 g/mol. The van der Waals surface area contributed by atoms with Gasteiger partial charge >= 0.3 is 0 Å². The van der Waals surface area contributed by atoms with E-state index in [9.17, 15) is 0 Å². The maximum atomic E-state index is 6.02. The predicted octanol–water partition coefficient (Wildman–Crippen LogP) is 2.84. The van der Waals surface area contributed by atoms with Gasteiger partial charge in [-0.15, -0.1) is 11.3 Å². The molecule has 2 aromatic rings. The topological polar surface area (TPSA) is 38.9 Å². The van der Waals surface area contributed by atoms with E-state index in [-0.39, 0.29) is 6.04 Å². The van der Waals surface area contributed by atoms with E-state index < -0.39 is 0 Å². The molecule has 0 aliphatic carbocycles. The smallest absolute Gasteiger partial charge is 0.0820 e. The summed E-state index contributed by atoms with van der Waals surface area (Å²) in [4.78, 5) is 5.29. The van der Waals surface area contributed by atoms with E-state index in [0.29, 0.717) is 5.02 Å². The molecule has 72 valence electrons. The van der Waals surface area contributed by atoms with E-state index in [1.807, 2.05) is 23.6 Å². The Hall–Kier alpha value is -0.900. The van der Waals surface area contributed by atoms with E-state index in [4.69, 9.17) is 17.3 Å². The van der Waals surface area contributed by atoms with Crippen molar-refractivity contribution in [2.45, 2.75) is 6.04 Å². The minimum absolute atomic E-state index is 0.146. The van der Waals surface area contributed by atoms with Crippen molar-refractivity contribution in [1.29, 1.82) is 0 Å². The fraction of sp³-hybridized carbons (Fsp3) is 0.100. The Morgan fingerprint density at radius 3 is 2.79 bits per heavy atom. The minimum Gasteiger partial charge on any atom is -0.318 e. The van der Waals surface area contributed by atoms with Crippen LogP contribution < -0.4 is 5.73 Å². The molecule has 0 radical (unpaired) electrons. The third-order valence-electron chi connectivity index (χ3n) is 1.92. The summed E-state index contributed by atoms with van der Waals surface area (Å²) in [5, 5.41) is 2.64. The number of pyridine rings is 1. The highest BCUT2D eigenvalue weighted by Crippen LogP contribution is 2.22. The summed E-state index contributed by atoms with van der Waals surface area (Å²) in [7, 11) is 0. The molecule has 0 saturated carbocycles. The first-order valence-corrected chi connectivity index (χ1v) is 5.43. The third kappa shape index (κ3) is 1.95. The van der Waals surface area contributed by atoms with Crippen molar-refractivity contribution in [2.75, 3.05) is 0 Å². The minimum atomic E-state index is -0.146. The van der Waals surface area contributed by atoms with Gasteiger partial charge in [0.25, 0.3) is 0 Å². The summed E-state index contributed by atoms with van der Waals surface area (Å²) in [5.41, 5.74) is 6.86. The van der Waals surface area contributed by atoms with Crippen LogP contribution in [-0.2, 0) is 0 Å². The predicted molar refractivity (Wildman–Crippen MR) is 59.6 cm³/mol. The van der Waals surface area contributed by atoms with E-state index in [2.05, 4.69) is 4.98 Å². The van der Waals surface area contributed by atoms with Crippen LogP contribution in [0.4, 0.5) is 0 Å². The third-order valence-corrected chi connectivity index (χ3v) is 3.10. The lowest BCUT2D eigenvalue weighted by Gasteiger charge is -2.08. The number of rotatable bonds is 2. The zero-order valence-corrected chi connectivity index (χ0v) is 8.92. The highest BCUT2D eigenvalue weighted by molar-refractivity contribution is 7.10. The lowest BCUT2D eigenvalue weighted by Crippen LogP contribution is -2.11. The average molecular weight is 225 g/mol. The molecule has 2 heterocycles. The van der Waals surface area contributed by atoms with Crippen molar-refractivity contribution in [3.05, 3.63) is 51.4 Å². The molecule has 2 aromatic heterocycles. The van der Waals surface area contributed by atoms with E-state index >= 15 is 0 Å². The molecule has 0 amide bonds. The van der Waals surface area contributed by atoms with E-state index in [1.54, 1.807) is 23.6 Å². The second-order valence-corrected chi connectivity index (χ2v) is 4.31. The van der Waals surface area contributed by atoms with Crippen LogP contribution in [0.5, 0.6) is 0 Å². The summed E-state index contributed by atoms with van der Waals surface area (Å²) in [6, 6.07) is 7.50. The normalized spacial score (nSPS) is 12.7. The van der Waals surface area contributed by atoms with Crippen LogP contribution in [0.3, 0.4) is 0 Å². The van der Waals surface area contributed by atoms with E-state index in [0.717, 1.165) is 10.6 Å². The molecular formula is C10H9ClN2S. The lowest BCUT2D eigenvalue weighted by molar-refractivity contribution is 0.847. The number of hydrogen-bond donors (Lipinski definition) is 1. The van der Waals surface area contributed by atoms with E-state index in [1.165, 1.54) is 0 Å². The molecule has 0 bridgehead atoms. The first-order chi connectivity index (χ1) is 6.77. The molecule has 2 rings (SSSR count). The molecule has 2 N–H and O–H groups in total. The first kappa shape index (κ1) is 9.65. The molecule has 0 aromatic carbocycles. The molecule has 1 unspecified atom stereocenters. The Bertz CT molecular complexity index is 397. The van der Waals surface area contributed by atoms with Gasteiger partial charge in [0.05, 0.1) is 16.8 Å². The van der Waals surface area contributed by atoms with Crippen LogP contribution in [0.25, 0.3) is 0 Å². The largest absolute Gasteiger partial charge is 0.318 e. The van der Waals surface area contributed by atoms with Gasteiger partial charge in [-0.1, -0.05) is 17.7 Å². The number of thiophene rings is 1. The molecule has 0 fully saturated rings. The number of aromatic nitrogens is 1. The first-order valence-electron chi connectivity index (χ1n) is 4.18. The standard InChI is InChI=1S/C10H9ClN2S/c11-7-3-4-8(13-6-7)10(12)9-2-1-5-14-9/h1-6,10H,12H2. The van der Waals surface area contributed by atoms with Gasteiger partial charge in [0.15, 0.2) is 0 Å². The summed E-state index contributed by atoms with van der Waals surface area (Å²) < 4.78 is 0. The fourth-order valence-corrected chi connectivity index (χ4v) is 2.04. The van der Waals surface area contributed by atoms with Gasteiger partial charge in [-0.3, -0.25) is 4.98 Å². The number of hydrogen-bond acceptors (Lipinski definition) is 3. The van der Waals surface area contributed by atoms with Gasteiger partial charge in [0, 0.05) is 11.1 Å². The van der Waals surface area contributed by atoms with Crippen LogP contribution in [0, 0.1) is 0 Å². The Morgan fingerprint density at radius 2 is 2.21 bits per heavy atom. The Kier molecular flexibility index (Phi) is 2.82. The summed E-state index contributed by atoms with van der Waals surface area (Å²) in [6.45, 7) is 0. The van der Waals surface area contributed by atoms with Crippen LogP contribution in [0.2, 0.25) is 5.02 Å². The van der Waals surface area contributed by atoms with Crippen molar-refractivity contribution in [1.82, 2.24) is 4.98 Å². The molecule has 4 heteroatoms. The van der Waals surface area contributed by atoms with Crippen LogP contribution in [-0.4, -0.2) is 4.98 Å². The Labute approximate surface area is 91.4 Å². The zero-order chi connectivity index (χ0) is 9.97. The second-order valence-electron chi connectivity index (χ2n) is 2.89. The highest BCUT2D eigenvalue weighted by Gasteiger charge is 2.10. The van der Waals surface area contributed by atoms with Gasteiger partial charge < -0.3 is 5.73 Å². The molecule has 0 spiro atoms. The average Bonchev–Trinajstić information content (AvgIpc) is 2.71. The summed E-state index contributed by atoms with van der Waals surface area (Å²) in [5.74, 6) is 0. The maximum Gasteiger partial charge on any atom is 0.0820 e. The molecule has 2 nitrogen and oxygen atoms in total. The van der Waals surface area contributed by atoms with Crippen molar-refractivity contribution in [2.24, 2.45) is 5.73 Å². The molecule has 0 aliphatic rings. The van der Waals surface area contributed by atoms with Gasteiger partial charge in [0.2, 0.25) is 0 Å². The quantitative estimate of drug-likeness (QED) is 0.852. The second kappa shape index (κ2) is 4.09. The molecular weight excluding hydrogens is 216 g/mol. The van der Waals surface area contributed by atoms with Crippen LogP contribution in [0.15, 0.2) is 35.8 Å². The van der Waals surface area contributed by atoms with Gasteiger partial charge in [-0.2, -0.15) is 0 Å². The number of nitrogens with two attached hydrogens (primary N) is 1. The molecule has 0 saturated heterocycles. The van der Waals surface area contributed by atoms with Crippen molar-refractivity contribution < 1.29 is 0 Å². The van der Waals surface area contributed by atoms with Crippen molar-refractivity contribution >= 4 is 22.9 Å². The van der Waals surface area contributed by atoms with Crippen LogP contribution in [0.1, 0.15) is 16.6 Å². The lowest BCUT2D eigenvalue weighted by atomic mass is 10.2. The Morgan fingerprint density at radius 1 is 1.36 bits per heavy atom. The fourth-order valence-electron chi connectivity index (χ4n) is 1.19. The zero-order valence-electron chi connectivity index (χ0n) is 7.35. The molecule has 0 aliphatic heterocycles. The highest BCUT2D eigenvalue weighted by atomic mass is 35.5. The number of nitrogens with zero attached hydrogens (tertiary/aromatic N) is 1. The SMILES string of the molecule is NC(c1ccc(Cl)cn1)c1cccs1. The van der Waals surface area contributed by atoms with Gasteiger partial charge in [0.1, 0.15) is 0 Å². The summed E-state index contributed by atoms with van der Waals surface area (Å²) in [6.07, 6.45) is 1.62. The van der Waals surface area contributed by atoms with Gasteiger partial charge in [-0.05, 0) is 23.6 Å². The van der Waals surface area contributed by atoms with Crippen molar-refractivity contribution in [3.63, 3.8) is 0 Å². The molecule has 14 heavy (non-hydrogen) atoms. The number of halogens is 1. The van der Waals surface area contributed by atoms with Gasteiger partial charge in [-0.25, -0.2) is 0 Å². The maximum absolute atomic E-state index is 6.02. The van der Waals surface area contributed by atoms with Crippen LogP contribution >= 0.6 is 22.9 Å².